The first-order valence-electron chi connectivity index (χ1n) is 7.49. The van der Waals surface area contributed by atoms with Crippen molar-refractivity contribution < 1.29 is 0 Å². The lowest BCUT2D eigenvalue weighted by Gasteiger charge is -2.52. The van der Waals surface area contributed by atoms with Gasteiger partial charge in [-0.25, -0.2) is 0 Å². The van der Waals surface area contributed by atoms with Gasteiger partial charge in [0.15, 0.2) is 0 Å². The van der Waals surface area contributed by atoms with E-state index in [1.807, 2.05) is 0 Å². The van der Waals surface area contributed by atoms with Crippen LogP contribution in [0.15, 0.2) is 11.1 Å². The zero-order valence-electron chi connectivity index (χ0n) is 13.3. The lowest BCUT2D eigenvalue weighted by molar-refractivity contribution is 0.000116. The predicted octanol–water partition coefficient (Wildman–Crippen LogP) is 5.98. The van der Waals surface area contributed by atoms with Crippen molar-refractivity contribution in [3.8, 4) is 0 Å². The number of hydrogen-bond donors (Lipinski definition) is 0. The third-order valence-electron chi connectivity index (χ3n) is 6.81. The summed E-state index contributed by atoms with van der Waals surface area (Å²) < 4.78 is 0. The van der Waals surface area contributed by atoms with Crippen LogP contribution in [0.25, 0.3) is 0 Å². The van der Waals surface area contributed by atoms with E-state index in [9.17, 15) is 0 Å². The Morgan fingerprint density at radius 2 is 0.882 bits per heavy atom. The quantitative estimate of drug-likeness (QED) is 0.527. The van der Waals surface area contributed by atoms with E-state index in [0.717, 1.165) is 0 Å². The highest BCUT2D eigenvalue weighted by Gasteiger charge is 2.60. The van der Waals surface area contributed by atoms with Crippen molar-refractivity contribution in [2.24, 2.45) is 16.2 Å². The van der Waals surface area contributed by atoms with Crippen LogP contribution in [0.2, 0.25) is 0 Å². The minimum Gasteiger partial charge on any atom is -0.0671 e. The van der Waals surface area contributed by atoms with Gasteiger partial charge in [0, 0.05) is 0 Å². The van der Waals surface area contributed by atoms with E-state index in [0.29, 0.717) is 16.2 Å². The summed E-state index contributed by atoms with van der Waals surface area (Å²) >= 11 is 0. The fourth-order valence-corrected chi connectivity index (χ4v) is 5.44. The second kappa shape index (κ2) is 4.44. The highest BCUT2D eigenvalue weighted by molar-refractivity contribution is 5.38. The van der Waals surface area contributed by atoms with Gasteiger partial charge < -0.3 is 0 Å². The van der Waals surface area contributed by atoms with Crippen molar-refractivity contribution >= 4 is 0 Å². The van der Waals surface area contributed by atoms with Crippen LogP contribution in [0.3, 0.4) is 0 Å². The third-order valence-corrected chi connectivity index (χ3v) is 6.81. The Kier molecular flexibility index (Phi) is 3.87. The highest BCUT2D eigenvalue weighted by Crippen LogP contribution is 2.69. The molecule has 0 radical (unpaired) electrons. The van der Waals surface area contributed by atoms with Crippen LogP contribution >= 0.6 is 0 Å². The fourth-order valence-electron chi connectivity index (χ4n) is 5.44. The molecule has 0 N–H and O–H groups in total. The predicted molar refractivity (Wildman–Crippen MR) is 78.2 cm³/mol. The Morgan fingerprint density at radius 3 is 1.00 bits per heavy atom. The molecule has 100 valence electrons. The van der Waals surface area contributed by atoms with Crippen molar-refractivity contribution in [2.45, 2.75) is 81.1 Å². The van der Waals surface area contributed by atoms with Gasteiger partial charge in [-0.2, -0.15) is 0 Å². The highest BCUT2D eigenvalue weighted by atomic mass is 14.6. The Bertz CT molecular complexity index is 279. The second-order valence-electron chi connectivity index (χ2n) is 6.45. The molecule has 0 spiro atoms. The van der Waals surface area contributed by atoms with Crippen molar-refractivity contribution in [2.75, 3.05) is 0 Å². The van der Waals surface area contributed by atoms with Crippen molar-refractivity contribution in [3.63, 3.8) is 0 Å². The molecular formula is C17H32. The summed E-state index contributed by atoms with van der Waals surface area (Å²) in [6, 6.07) is 0. The van der Waals surface area contributed by atoms with Gasteiger partial charge >= 0.3 is 0 Å². The molecule has 0 atom stereocenters. The molecule has 0 nitrogen and oxygen atoms in total. The van der Waals surface area contributed by atoms with Gasteiger partial charge in [-0.05, 0) is 55.8 Å². The van der Waals surface area contributed by atoms with Crippen LogP contribution in [0.5, 0.6) is 0 Å². The molecule has 0 fully saturated rings. The van der Waals surface area contributed by atoms with Gasteiger partial charge in [0.1, 0.15) is 0 Å². The third kappa shape index (κ3) is 1.42. The van der Waals surface area contributed by atoms with Crippen molar-refractivity contribution in [1.82, 2.24) is 0 Å². The molecule has 0 amide bonds. The molecule has 1 aliphatic rings. The number of rotatable bonds is 4. The van der Waals surface area contributed by atoms with Gasteiger partial charge in [0.25, 0.3) is 0 Å². The molecule has 1 rings (SSSR count). The second-order valence-corrected chi connectivity index (χ2v) is 6.45. The van der Waals surface area contributed by atoms with E-state index in [1.54, 1.807) is 11.1 Å². The zero-order chi connectivity index (χ0) is 13.5. The molecule has 0 unspecified atom stereocenters. The average molecular weight is 236 g/mol. The van der Waals surface area contributed by atoms with Crippen LogP contribution < -0.4 is 0 Å². The molecule has 0 aliphatic heterocycles. The Morgan fingerprint density at radius 1 is 0.647 bits per heavy atom. The standard InChI is InChI=1S/C17H32/c1-9-16(10-2)13(5)14(6)17(11-3,12-4)15(16,7)8/h9-12H2,1-8H3. The molecular weight excluding hydrogens is 204 g/mol. The molecule has 17 heavy (non-hydrogen) atoms. The van der Waals surface area contributed by atoms with Crippen LogP contribution in [0.4, 0.5) is 0 Å². The van der Waals surface area contributed by atoms with Gasteiger partial charge in [-0.1, -0.05) is 52.7 Å². The SMILES string of the molecule is CCC1(CC)C(C)=C(C)C(CC)(CC)C1(C)C. The maximum absolute atomic E-state index is 2.52. The van der Waals surface area contributed by atoms with Gasteiger partial charge in [-0.15, -0.1) is 0 Å². The smallest absolute Gasteiger partial charge is 0.00338 e. The van der Waals surface area contributed by atoms with E-state index in [-0.39, 0.29) is 0 Å². The minimum absolute atomic E-state index is 0.390. The first-order chi connectivity index (χ1) is 7.81. The van der Waals surface area contributed by atoms with E-state index >= 15 is 0 Å². The summed E-state index contributed by atoms with van der Waals surface area (Å²) in [4.78, 5) is 0. The minimum atomic E-state index is 0.390. The van der Waals surface area contributed by atoms with Crippen LogP contribution in [0, 0.1) is 16.2 Å². The Balaban J connectivity index is 3.53. The molecule has 0 aromatic rings. The molecule has 0 heteroatoms. The monoisotopic (exact) mass is 236 g/mol. The molecule has 0 saturated carbocycles. The Hall–Kier alpha value is -0.260. The van der Waals surface area contributed by atoms with Gasteiger partial charge in [0.2, 0.25) is 0 Å². The van der Waals surface area contributed by atoms with E-state index in [1.165, 1.54) is 25.7 Å². The number of allylic oxidation sites excluding steroid dienone is 2. The summed E-state index contributed by atoms with van der Waals surface area (Å²) in [6.45, 7) is 19.4. The molecule has 0 saturated heterocycles. The lowest BCUT2D eigenvalue weighted by atomic mass is 9.52. The molecule has 0 bridgehead atoms. The fraction of sp³-hybridized carbons (Fsp3) is 0.882. The summed E-state index contributed by atoms with van der Waals surface area (Å²) in [5.74, 6) is 0. The van der Waals surface area contributed by atoms with Crippen LogP contribution in [-0.4, -0.2) is 0 Å². The first-order valence-corrected chi connectivity index (χ1v) is 7.49. The Labute approximate surface area is 109 Å². The average Bonchev–Trinajstić information content (AvgIpc) is 2.43. The largest absolute Gasteiger partial charge is 0.0671 e. The number of hydrogen-bond acceptors (Lipinski definition) is 0. The van der Waals surface area contributed by atoms with Crippen molar-refractivity contribution in [1.29, 1.82) is 0 Å². The summed E-state index contributed by atoms with van der Waals surface area (Å²) in [5, 5.41) is 0. The van der Waals surface area contributed by atoms with Gasteiger partial charge in [0.05, 0.1) is 0 Å². The van der Waals surface area contributed by atoms with Crippen molar-refractivity contribution in [3.05, 3.63) is 11.1 Å². The summed E-state index contributed by atoms with van der Waals surface area (Å²) in [7, 11) is 0. The maximum Gasteiger partial charge on any atom is -0.00338 e. The van der Waals surface area contributed by atoms with E-state index in [4.69, 9.17) is 0 Å². The first kappa shape index (κ1) is 14.8. The molecule has 1 aliphatic carbocycles. The lowest BCUT2D eigenvalue weighted by Crippen LogP contribution is -2.44. The maximum atomic E-state index is 2.52. The summed E-state index contributed by atoms with van der Waals surface area (Å²) in [6.07, 6.45) is 5.12. The van der Waals surface area contributed by atoms with E-state index < -0.39 is 0 Å². The molecule has 0 aromatic heterocycles. The zero-order valence-corrected chi connectivity index (χ0v) is 13.3. The summed E-state index contributed by atoms with van der Waals surface area (Å²) in [5.41, 5.74) is 4.61. The van der Waals surface area contributed by atoms with Gasteiger partial charge in [-0.3, -0.25) is 0 Å². The molecule has 0 heterocycles. The van der Waals surface area contributed by atoms with Crippen LogP contribution in [-0.2, 0) is 0 Å². The van der Waals surface area contributed by atoms with Crippen LogP contribution in [0.1, 0.15) is 81.1 Å². The normalized spacial score (nSPS) is 25.4. The molecule has 0 aromatic carbocycles. The van der Waals surface area contributed by atoms with E-state index in [2.05, 4.69) is 55.4 Å². The topological polar surface area (TPSA) is 0 Å².